The monoisotopic (exact) mass is 262 g/mol. The summed E-state index contributed by atoms with van der Waals surface area (Å²) < 4.78 is 18.9. The van der Waals surface area contributed by atoms with Crippen LogP contribution in [0.1, 0.15) is 23.2 Å². The third kappa shape index (κ3) is 3.30. The highest BCUT2D eigenvalue weighted by atomic mass is 19.1. The van der Waals surface area contributed by atoms with Gasteiger partial charge in [-0.2, -0.15) is 0 Å². The van der Waals surface area contributed by atoms with E-state index < -0.39 is 5.82 Å². The highest BCUT2D eigenvalue weighted by Gasteiger charge is 2.25. The van der Waals surface area contributed by atoms with Crippen LogP contribution in [0.15, 0.2) is 18.5 Å². The Balaban J connectivity index is 1.93. The molecule has 0 aromatic carbocycles. The summed E-state index contributed by atoms with van der Waals surface area (Å²) in [4.78, 5) is 17.4. The van der Waals surface area contributed by atoms with Crippen molar-refractivity contribution in [2.75, 3.05) is 19.7 Å². The molecule has 0 bridgehead atoms. The summed E-state index contributed by atoms with van der Waals surface area (Å²) in [5.74, 6) is 1.54. The van der Waals surface area contributed by atoms with Gasteiger partial charge in [-0.3, -0.25) is 9.78 Å². The molecule has 2 heterocycles. The van der Waals surface area contributed by atoms with Gasteiger partial charge in [-0.05, 0) is 18.9 Å². The fourth-order valence-electron chi connectivity index (χ4n) is 2.11. The van der Waals surface area contributed by atoms with Gasteiger partial charge in [-0.1, -0.05) is 5.92 Å². The number of aromatic nitrogens is 1. The molecule has 1 amide bonds. The average molecular weight is 262 g/mol. The Hall–Kier alpha value is -1.93. The molecule has 1 aromatic heterocycles. The summed E-state index contributed by atoms with van der Waals surface area (Å²) in [6, 6.07) is 1.40. The summed E-state index contributed by atoms with van der Waals surface area (Å²) in [5, 5.41) is 0. The second-order valence-electron chi connectivity index (χ2n) is 4.36. The van der Waals surface area contributed by atoms with Crippen molar-refractivity contribution < 1.29 is 13.9 Å². The van der Waals surface area contributed by atoms with Crippen molar-refractivity contribution in [2.24, 2.45) is 0 Å². The van der Waals surface area contributed by atoms with Gasteiger partial charge in [0.1, 0.15) is 6.61 Å². The molecule has 0 N–H and O–H groups in total. The van der Waals surface area contributed by atoms with Crippen LogP contribution in [0.25, 0.3) is 0 Å². The van der Waals surface area contributed by atoms with Gasteiger partial charge >= 0.3 is 0 Å². The van der Waals surface area contributed by atoms with Gasteiger partial charge in [-0.25, -0.2) is 4.39 Å². The maximum atomic E-state index is 13.5. The second-order valence-corrected chi connectivity index (χ2v) is 4.36. The van der Waals surface area contributed by atoms with E-state index in [1.807, 2.05) is 0 Å². The van der Waals surface area contributed by atoms with Crippen LogP contribution in [0, 0.1) is 18.2 Å². The lowest BCUT2D eigenvalue weighted by molar-refractivity contribution is 0.0229. The fraction of sp³-hybridized carbons (Fsp3) is 0.429. The largest absolute Gasteiger partial charge is 0.365 e. The number of piperidine rings is 1. The van der Waals surface area contributed by atoms with E-state index in [9.17, 15) is 9.18 Å². The van der Waals surface area contributed by atoms with Gasteiger partial charge in [-0.15, -0.1) is 6.42 Å². The van der Waals surface area contributed by atoms with E-state index in [1.165, 1.54) is 12.3 Å². The Morgan fingerprint density at radius 3 is 2.95 bits per heavy atom. The predicted molar refractivity (Wildman–Crippen MR) is 67.9 cm³/mol. The zero-order chi connectivity index (χ0) is 13.7. The Morgan fingerprint density at radius 1 is 1.58 bits per heavy atom. The van der Waals surface area contributed by atoms with Crippen molar-refractivity contribution in [3.05, 3.63) is 29.8 Å². The van der Waals surface area contributed by atoms with E-state index in [0.717, 1.165) is 19.0 Å². The maximum absolute atomic E-state index is 13.5. The number of ether oxygens (including phenoxy) is 1. The van der Waals surface area contributed by atoms with Crippen LogP contribution in [-0.2, 0) is 4.74 Å². The number of hydrogen-bond acceptors (Lipinski definition) is 3. The fourth-order valence-corrected chi connectivity index (χ4v) is 2.11. The molecule has 0 unspecified atom stereocenters. The number of nitrogens with zero attached hydrogens (tertiary/aromatic N) is 2. The Kier molecular flexibility index (Phi) is 4.48. The van der Waals surface area contributed by atoms with Gasteiger partial charge in [0.25, 0.3) is 5.91 Å². The first kappa shape index (κ1) is 13.5. The predicted octanol–water partition coefficient (Wildman–Crippen LogP) is 1.48. The van der Waals surface area contributed by atoms with Gasteiger partial charge < -0.3 is 9.64 Å². The highest BCUT2D eigenvalue weighted by Crippen LogP contribution is 2.17. The molecule has 100 valence electrons. The molecule has 0 radical (unpaired) electrons. The first-order valence-corrected chi connectivity index (χ1v) is 6.16. The summed E-state index contributed by atoms with van der Waals surface area (Å²) in [5.41, 5.74) is 0.0676. The number of carbonyl (C=O) groups is 1. The van der Waals surface area contributed by atoms with Crippen LogP contribution in [0.5, 0.6) is 0 Å². The van der Waals surface area contributed by atoms with Crippen LogP contribution >= 0.6 is 0 Å². The summed E-state index contributed by atoms with van der Waals surface area (Å²) >= 11 is 0. The smallest absolute Gasteiger partial charge is 0.256 e. The maximum Gasteiger partial charge on any atom is 0.256 e. The summed E-state index contributed by atoms with van der Waals surface area (Å²) in [6.07, 6.45) is 9.12. The van der Waals surface area contributed by atoms with Crippen LogP contribution in [0.4, 0.5) is 4.39 Å². The SMILES string of the molecule is C#CCOC1CCN(C(=O)c2ccncc2F)CC1. The minimum Gasteiger partial charge on any atom is -0.365 e. The van der Waals surface area contributed by atoms with Crippen molar-refractivity contribution in [3.63, 3.8) is 0 Å². The lowest BCUT2D eigenvalue weighted by Gasteiger charge is -2.31. The van der Waals surface area contributed by atoms with E-state index in [2.05, 4.69) is 10.9 Å². The molecule has 0 spiro atoms. The molecule has 1 fully saturated rings. The van der Waals surface area contributed by atoms with Gasteiger partial charge in [0.15, 0.2) is 5.82 Å². The molecule has 0 atom stereocenters. The molecule has 5 heteroatoms. The zero-order valence-corrected chi connectivity index (χ0v) is 10.5. The number of terminal acetylenes is 1. The van der Waals surface area contributed by atoms with Gasteiger partial charge in [0.05, 0.1) is 17.9 Å². The Labute approximate surface area is 111 Å². The first-order valence-electron chi connectivity index (χ1n) is 6.16. The average Bonchev–Trinajstić information content (AvgIpc) is 2.45. The lowest BCUT2D eigenvalue weighted by Crippen LogP contribution is -2.41. The molecule has 19 heavy (non-hydrogen) atoms. The van der Waals surface area contributed by atoms with Crippen molar-refractivity contribution in [3.8, 4) is 12.3 Å². The van der Waals surface area contributed by atoms with Crippen LogP contribution in [-0.4, -0.2) is 41.6 Å². The lowest BCUT2D eigenvalue weighted by atomic mass is 10.1. The number of hydrogen-bond donors (Lipinski definition) is 0. The molecule has 2 rings (SSSR count). The molecule has 1 saturated heterocycles. The first-order chi connectivity index (χ1) is 9.22. The molecule has 1 aliphatic rings. The topological polar surface area (TPSA) is 42.4 Å². The van der Waals surface area contributed by atoms with E-state index >= 15 is 0 Å². The van der Waals surface area contributed by atoms with E-state index in [0.29, 0.717) is 13.1 Å². The van der Waals surface area contributed by atoms with Crippen molar-refractivity contribution in [1.29, 1.82) is 0 Å². The van der Waals surface area contributed by atoms with Crippen molar-refractivity contribution in [1.82, 2.24) is 9.88 Å². The van der Waals surface area contributed by atoms with E-state index in [1.54, 1.807) is 4.90 Å². The second kappa shape index (κ2) is 6.30. The molecule has 0 saturated carbocycles. The Morgan fingerprint density at radius 2 is 2.32 bits per heavy atom. The third-order valence-corrected chi connectivity index (χ3v) is 3.13. The molecule has 1 aliphatic heterocycles. The zero-order valence-electron chi connectivity index (χ0n) is 10.5. The summed E-state index contributed by atoms with van der Waals surface area (Å²) in [7, 11) is 0. The van der Waals surface area contributed by atoms with Crippen LogP contribution < -0.4 is 0 Å². The number of halogens is 1. The van der Waals surface area contributed by atoms with E-state index in [4.69, 9.17) is 11.2 Å². The number of rotatable bonds is 3. The number of pyridine rings is 1. The highest BCUT2D eigenvalue weighted by molar-refractivity contribution is 5.94. The normalized spacial score (nSPS) is 16.1. The number of likely N-dealkylation sites (tertiary alicyclic amines) is 1. The molecule has 1 aromatic rings. The molecule has 0 aliphatic carbocycles. The molecular formula is C14H15FN2O2. The minimum atomic E-state index is -0.585. The minimum absolute atomic E-state index is 0.0676. The quantitative estimate of drug-likeness (QED) is 0.775. The molecular weight excluding hydrogens is 247 g/mol. The molecule has 4 nitrogen and oxygen atoms in total. The van der Waals surface area contributed by atoms with Gasteiger partial charge in [0.2, 0.25) is 0 Å². The number of amides is 1. The Bertz CT molecular complexity index is 490. The van der Waals surface area contributed by atoms with Crippen molar-refractivity contribution in [2.45, 2.75) is 18.9 Å². The number of carbonyl (C=O) groups excluding carboxylic acids is 1. The van der Waals surface area contributed by atoms with E-state index in [-0.39, 0.29) is 24.2 Å². The van der Waals surface area contributed by atoms with Crippen molar-refractivity contribution >= 4 is 5.91 Å². The van der Waals surface area contributed by atoms with Crippen LogP contribution in [0.2, 0.25) is 0 Å². The standard InChI is InChI=1S/C14H15FN2O2/c1-2-9-19-11-4-7-17(8-5-11)14(18)12-3-6-16-10-13(12)15/h1,3,6,10-11H,4-5,7-9H2. The van der Waals surface area contributed by atoms with Gasteiger partial charge in [0, 0.05) is 19.3 Å². The van der Waals surface area contributed by atoms with Crippen LogP contribution in [0.3, 0.4) is 0 Å². The third-order valence-electron chi connectivity index (χ3n) is 3.13. The summed E-state index contributed by atoms with van der Waals surface area (Å²) in [6.45, 7) is 1.39.